The number of hydrogen-bond donors (Lipinski definition) is 0. The molecule has 0 bridgehead atoms. The van der Waals surface area contributed by atoms with Gasteiger partial charge in [-0.25, -0.2) is 0 Å². The van der Waals surface area contributed by atoms with E-state index in [-0.39, 0.29) is 5.91 Å². The maximum atomic E-state index is 12.0. The molecule has 0 radical (unpaired) electrons. The van der Waals surface area contributed by atoms with Crippen LogP contribution in [0.3, 0.4) is 0 Å². The molecule has 3 nitrogen and oxygen atoms in total. The van der Waals surface area contributed by atoms with E-state index in [4.69, 9.17) is 5.26 Å². The van der Waals surface area contributed by atoms with Gasteiger partial charge in [0.2, 0.25) is 0 Å². The Bertz CT molecular complexity index is 446. The van der Waals surface area contributed by atoms with E-state index >= 15 is 0 Å². The summed E-state index contributed by atoms with van der Waals surface area (Å²) < 4.78 is 0. The van der Waals surface area contributed by atoms with Gasteiger partial charge in [-0.3, -0.25) is 4.79 Å². The van der Waals surface area contributed by atoms with Crippen molar-refractivity contribution >= 4 is 5.91 Å². The van der Waals surface area contributed by atoms with E-state index in [2.05, 4.69) is 0 Å². The van der Waals surface area contributed by atoms with Crippen LogP contribution < -0.4 is 0 Å². The lowest BCUT2D eigenvalue weighted by Gasteiger charge is -2.19. The van der Waals surface area contributed by atoms with E-state index in [0.29, 0.717) is 5.56 Å². The van der Waals surface area contributed by atoms with Gasteiger partial charge in [-0.05, 0) is 44.0 Å². The van der Waals surface area contributed by atoms with Crippen LogP contribution in [0.5, 0.6) is 0 Å². The van der Waals surface area contributed by atoms with Crippen LogP contribution >= 0.6 is 0 Å². The Morgan fingerprint density at radius 1 is 1.38 bits per heavy atom. The predicted octanol–water partition coefficient (Wildman–Crippen LogP) is 2.29. The average Bonchev–Trinajstić information content (AvgIpc) is 2.29. The number of aryl methyl sites for hydroxylation is 2. The predicted molar refractivity (Wildman–Crippen MR) is 63.1 cm³/mol. The molecular formula is C13H16N2O. The first-order valence-electron chi connectivity index (χ1n) is 5.21. The first-order valence-corrected chi connectivity index (χ1v) is 5.21. The van der Waals surface area contributed by atoms with E-state index in [9.17, 15) is 4.79 Å². The quantitative estimate of drug-likeness (QED) is 0.761. The Morgan fingerprint density at radius 2 is 2.00 bits per heavy atom. The van der Waals surface area contributed by atoms with Crippen molar-refractivity contribution in [1.82, 2.24) is 4.90 Å². The highest BCUT2D eigenvalue weighted by molar-refractivity contribution is 5.94. The smallest absolute Gasteiger partial charge is 0.254 e. The molecule has 0 fully saturated rings. The Balaban J connectivity index is 2.98. The summed E-state index contributed by atoms with van der Waals surface area (Å²) in [5, 5.41) is 8.76. The summed E-state index contributed by atoms with van der Waals surface area (Å²) in [6.07, 6.45) is 0. The first-order chi connectivity index (χ1) is 7.47. The van der Waals surface area contributed by atoms with Crippen molar-refractivity contribution in [1.29, 1.82) is 5.26 Å². The molecule has 1 rings (SSSR count). The Kier molecular flexibility index (Phi) is 3.68. The van der Waals surface area contributed by atoms with Crippen LogP contribution in [0.1, 0.15) is 28.4 Å². The summed E-state index contributed by atoms with van der Waals surface area (Å²) >= 11 is 0. The van der Waals surface area contributed by atoms with E-state index < -0.39 is 6.04 Å². The molecule has 1 amide bonds. The summed E-state index contributed by atoms with van der Waals surface area (Å²) in [6.45, 7) is 5.68. The minimum absolute atomic E-state index is 0.114. The molecule has 0 aliphatic rings. The number of hydrogen-bond acceptors (Lipinski definition) is 2. The monoisotopic (exact) mass is 216 g/mol. The molecule has 1 atom stereocenters. The highest BCUT2D eigenvalue weighted by atomic mass is 16.2. The maximum Gasteiger partial charge on any atom is 0.254 e. The number of rotatable bonds is 2. The third kappa shape index (κ3) is 2.40. The Labute approximate surface area is 96.3 Å². The maximum absolute atomic E-state index is 12.0. The van der Waals surface area contributed by atoms with Crippen LogP contribution in [0.4, 0.5) is 0 Å². The summed E-state index contributed by atoms with van der Waals surface area (Å²) in [7, 11) is 1.64. The lowest BCUT2D eigenvalue weighted by molar-refractivity contribution is 0.0773. The first kappa shape index (κ1) is 12.3. The fourth-order valence-corrected chi connectivity index (χ4v) is 1.34. The van der Waals surface area contributed by atoms with Gasteiger partial charge in [0.05, 0.1) is 6.07 Å². The topological polar surface area (TPSA) is 44.1 Å². The van der Waals surface area contributed by atoms with Gasteiger partial charge in [0.25, 0.3) is 5.91 Å². The summed E-state index contributed by atoms with van der Waals surface area (Å²) in [4.78, 5) is 13.4. The van der Waals surface area contributed by atoms with E-state index in [1.165, 1.54) is 4.90 Å². The molecule has 0 aliphatic carbocycles. The molecule has 0 heterocycles. The van der Waals surface area contributed by atoms with Crippen molar-refractivity contribution in [2.75, 3.05) is 7.05 Å². The average molecular weight is 216 g/mol. The number of nitriles is 1. The molecule has 1 unspecified atom stereocenters. The normalized spacial score (nSPS) is 11.7. The lowest BCUT2D eigenvalue weighted by Crippen LogP contribution is -2.34. The molecular weight excluding hydrogens is 200 g/mol. The molecule has 16 heavy (non-hydrogen) atoms. The molecule has 0 aliphatic heterocycles. The highest BCUT2D eigenvalue weighted by Crippen LogP contribution is 2.12. The van der Waals surface area contributed by atoms with Gasteiger partial charge in [0.15, 0.2) is 0 Å². The SMILES string of the molecule is Cc1ccc(C(=O)N(C)C(C)C#N)cc1C. The Hall–Kier alpha value is -1.82. The largest absolute Gasteiger partial charge is 0.326 e. The van der Waals surface area contributed by atoms with E-state index in [1.54, 1.807) is 20.0 Å². The van der Waals surface area contributed by atoms with Crippen molar-refractivity contribution in [3.63, 3.8) is 0 Å². The van der Waals surface area contributed by atoms with E-state index in [1.807, 2.05) is 32.0 Å². The Morgan fingerprint density at radius 3 is 2.50 bits per heavy atom. The minimum atomic E-state index is -0.408. The number of carbonyl (C=O) groups is 1. The zero-order chi connectivity index (χ0) is 12.3. The minimum Gasteiger partial charge on any atom is -0.326 e. The zero-order valence-electron chi connectivity index (χ0n) is 10.1. The van der Waals surface area contributed by atoms with Crippen LogP contribution in [-0.4, -0.2) is 23.9 Å². The summed E-state index contributed by atoms with van der Waals surface area (Å²) in [5.41, 5.74) is 2.88. The highest BCUT2D eigenvalue weighted by Gasteiger charge is 2.16. The van der Waals surface area contributed by atoms with Crippen LogP contribution in [0.2, 0.25) is 0 Å². The fraction of sp³-hybridized carbons (Fsp3) is 0.385. The molecule has 0 N–H and O–H groups in total. The number of amides is 1. The molecule has 1 aromatic carbocycles. The van der Waals surface area contributed by atoms with Gasteiger partial charge in [-0.2, -0.15) is 5.26 Å². The second-order valence-electron chi connectivity index (χ2n) is 4.02. The second kappa shape index (κ2) is 4.80. The van der Waals surface area contributed by atoms with Crippen LogP contribution in [0, 0.1) is 25.2 Å². The molecule has 0 aromatic heterocycles. The van der Waals surface area contributed by atoms with Gasteiger partial charge in [0, 0.05) is 12.6 Å². The molecule has 0 saturated heterocycles. The van der Waals surface area contributed by atoms with Crippen LogP contribution in [0.15, 0.2) is 18.2 Å². The van der Waals surface area contributed by atoms with Crippen molar-refractivity contribution in [2.45, 2.75) is 26.8 Å². The van der Waals surface area contributed by atoms with Gasteiger partial charge in [0.1, 0.15) is 6.04 Å². The van der Waals surface area contributed by atoms with Crippen molar-refractivity contribution < 1.29 is 4.79 Å². The summed E-state index contributed by atoms with van der Waals surface area (Å²) in [5.74, 6) is -0.114. The van der Waals surface area contributed by atoms with Gasteiger partial charge in [-0.15, -0.1) is 0 Å². The fourth-order valence-electron chi connectivity index (χ4n) is 1.34. The summed E-state index contributed by atoms with van der Waals surface area (Å²) in [6, 6.07) is 7.22. The van der Waals surface area contributed by atoms with E-state index in [0.717, 1.165) is 11.1 Å². The molecule has 3 heteroatoms. The van der Waals surface area contributed by atoms with Crippen molar-refractivity contribution in [2.24, 2.45) is 0 Å². The zero-order valence-corrected chi connectivity index (χ0v) is 10.1. The molecule has 0 saturated carbocycles. The van der Waals surface area contributed by atoms with Gasteiger partial charge < -0.3 is 4.90 Å². The third-order valence-electron chi connectivity index (χ3n) is 2.84. The van der Waals surface area contributed by atoms with Gasteiger partial charge >= 0.3 is 0 Å². The van der Waals surface area contributed by atoms with Crippen molar-refractivity contribution in [3.05, 3.63) is 34.9 Å². The number of carbonyl (C=O) groups excluding carboxylic acids is 1. The molecule has 0 spiro atoms. The third-order valence-corrected chi connectivity index (χ3v) is 2.84. The lowest BCUT2D eigenvalue weighted by atomic mass is 10.1. The number of nitrogens with zero attached hydrogens (tertiary/aromatic N) is 2. The molecule has 1 aromatic rings. The second-order valence-corrected chi connectivity index (χ2v) is 4.02. The molecule has 84 valence electrons. The van der Waals surface area contributed by atoms with Gasteiger partial charge in [-0.1, -0.05) is 6.07 Å². The van der Waals surface area contributed by atoms with Crippen LogP contribution in [-0.2, 0) is 0 Å². The number of benzene rings is 1. The van der Waals surface area contributed by atoms with Crippen LogP contribution in [0.25, 0.3) is 0 Å². The standard InChI is InChI=1S/C13H16N2O/c1-9-5-6-12(7-10(9)2)13(16)15(4)11(3)8-14/h5-7,11H,1-4H3. The van der Waals surface area contributed by atoms with Crippen molar-refractivity contribution in [3.8, 4) is 6.07 Å².